The monoisotopic (exact) mass is 188 g/mol. The van der Waals surface area contributed by atoms with Crippen LogP contribution >= 0.6 is 0 Å². The van der Waals surface area contributed by atoms with Crippen LogP contribution < -0.4 is 5.32 Å². The molecule has 0 radical (unpaired) electrons. The lowest BCUT2D eigenvalue weighted by Crippen LogP contribution is -2.46. The van der Waals surface area contributed by atoms with Crippen molar-refractivity contribution < 1.29 is 9.90 Å². The molecule has 2 N–H and O–H groups in total. The smallest absolute Gasteiger partial charge is 0.317 e. The number of carbonyl (C=O) groups excluding carboxylic acids is 1. The van der Waals surface area contributed by atoms with Gasteiger partial charge in [0.05, 0.1) is 12.1 Å². The number of nitrogens with zero attached hydrogens (tertiary/aromatic N) is 1. The Balaban J connectivity index is 3.97. The van der Waals surface area contributed by atoms with Gasteiger partial charge in [0.15, 0.2) is 0 Å². The zero-order chi connectivity index (χ0) is 10.6. The fraction of sp³-hybridized carbons (Fsp3) is 0.889. The molecule has 4 nitrogen and oxygen atoms in total. The highest BCUT2D eigenvalue weighted by molar-refractivity contribution is 5.74. The summed E-state index contributed by atoms with van der Waals surface area (Å²) in [6.07, 6.45) is 0. The van der Waals surface area contributed by atoms with E-state index >= 15 is 0 Å². The van der Waals surface area contributed by atoms with Gasteiger partial charge in [-0.15, -0.1) is 0 Å². The number of aliphatic hydroxyl groups is 1. The number of nitrogens with one attached hydrogen (secondary N) is 1. The summed E-state index contributed by atoms with van der Waals surface area (Å²) >= 11 is 0. The van der Waals surface area contributed by atoms with Gasteiger partial charge in [0.25, 0.3) is 0 Å². The van der Waals surface area contributed by atoms with Gasteiger partial charge in [0.1, 0.15) is 0 Å². The third-order valence-electron chi connectivity index (χ3n) is 1.38. The van der Waals surface area contributed by atoms with Crippen molar-refractivity contribution in [2.24, 2.45) is 0 Å². The maximum absolute atomic E-state index is 11.3. The van der Waals surface area contributed by atoms with Gasteiger partial charge in [-0.05, 0) is 27.7 Å². The summed E-state index contributed by atoms with van der Waals surface area (Å²) in [6, 6.07) is -0.0334. The number of likely N-dealkylation sites (N-methyl/N-ethyl adjacent to an activating group) is 1. The number of hydrogen-bond donors (Lipinski definition) is 2. The number of carbonyl (C=O) groups is 1. The lowest BCUT2D eigenvalue weighted by Gasteiger charge is -2.26. The highest BCUT2D eigenvalue weighted by Crippen LogP contribution is 2.02. The molecule has 0 heterocycles. The van der Waals surface area contributed by atoms with Crippen LogP contribution in [0.2, 0.25) is 0 Å². The second kappa shape index (κ2) is 4.46. The fourth-order valence-corrected chi connectivity index (χ4v) is 1.01. The summed E-state index contributed by atoms with van der Waals surface area (Å²) < 4.78 is 0. The van der Waals surface area contributed by atoms with Crippen molar-refractivity contribution in [3.63, 3.8) is 0 Å². The summed E-state index contributed by atoms with van der Waals surface area (Å²) in [4.78, 5) is 12.8. The Morgan fingerprint density at radius 2 is 2.00 bits per heavy atom. The molecule has 0 saturated carbocycles. The van der Waals surface area contributed by atoms with E-state index in [1.807, 2.05) is 13.8 Å². The minimum atomic E-state index is -0.844. The van der Waals surface area contributed by atoms with Gasteiger partial charge in [-0.3, -0.25) is 0 Å². The van der Waals surface area contributed by atoms with Crippen molar-refractivity contribution >= 4 is 6.03 Å². The summed E-state index contributed by atoms with van der Waals surface area (Å²) in [5.41, 5.74) is -0.844. The molecule has 0 atom stereocenters. The Bertz CT molecular complexity index is 173. The highest BCUT2D eigenvalue weighted by Gasteiger charge is 2.19. The van der Waals surface area contributed by atoms with Crippen molar-refractivity contribution in [1.82, 2.24) is 10.2 Å². The Morgan fingerprint density at radius 3 is 2.31 bits per heavy atom. The molecule has 0 saturated heterocycles. The van der Waals surface area contributed by atoms with Crippen molar-refractivity contribution in [3.05, 3.63) is 0 Å². The first-order chi connectivity index (χ1) is 5.72. The zero-order valence-corrected chi connectivity index (χ0v) is 9.09. The molecule has 78 valence electrons. The molecular formula is C9H20N2O2. The molecule has 0 bridgehead atoms. The molecule has 0 aromatic rings. The van der Waals surface area contributed by atoms with Crippen molar-refractivity contribution in [3.8, 4) is 0 Å². The zero-order valence-electron chi connectivity index (χ0n) is 9.09. The summed E-state index contributed by atoms with van der Waals surface area (Å²) in [7, 11) is 1.66. The molecule has 0 aromatic carbocycles. The molecule has 0 rings (SSSR count). The molecule has 0 aromatic heterocycles. The first-order valence-electron chi connectivity index (χ1n) is 4.46. The second-order valence-corrected chi connectivity index (χ2v) is 4.27. The van der Waals surface area contributed by atoms with E-state index in [0.29, 0.717) is 6.54 Å². The van der Waals surface area contributed by atoms with E-state index in [1.165, 1.54) is 4.90 Å². The van der Waals surface area contributed by atoms with E-state index in [4.69, 9.17) is 0 Å². The average molecular weight is 188 g/mol. The van der Waals surface area contributed by atoms with Gasteiger partial charge in [-0.25, -0.2) is 4.79 Å². The third-order valence-corrected chi connectivity index (χ3v) is 1.38. The minimum Gasteiger partial charge on any atom is -0.389 e. The molecular weight excluding hydrogens is 168 g/mol. The van der Waals surface area contributed by atoms with E-state index in [9.17, 15) is 9.90 Å². The maximum Gasteiger partial charge on any atom is 0.317 e. The maximum atomic E-state index is 11.3. The first-order valence-corrected chi connectivity index (χ1v) is 4.46. The quantitative estimate of drug-likeness (QED) is 0.688. The van der Waals surface area contributed by atoms with Crippen LogP contribution in [0.25, 0.3) is 0 Å². The van der Waals surface area contributed by atoms with E-state index in [0.717, 1.165) is 0 Å². The Labute approximate surface area is 79.9 Å². The van der Waals surface area contributed by atoms with Gasteiger partial charge < -0.3 is 15.3 Å². The van der Waals surface area contributed by atoms with E-state index in [2.05, 4.69) is 5.32 Å². The van der Waals surface area contributed by atoms with Crippen LogP contribution in [-0.2, 0) is 0 Å². The molecule has 13 heavy (non-hydrogen) atoms. The number of urea groups is 1. The standard InChI is InChI=1S/C9H20N2O2/c1-7(2)10-8(12)11(5)6-9(3,4)13/h7,13H,6H2,1-5H3,(H,10,12). The highest BCUT2D eigenvalue weighted by atomic mass is 16.3. The number of rotatable bonds is 3. The van der Waals surface area contributed by atoms with Crippen LogP contribution in [0.4, 0.5) is 4.79 Å². The van der Waals surface area contributed by atoms with Gasteiger partial charge >= 0.3 is 6.03 Å². The Kier molecular flexibility index (Phi) is 4.20. The SMILES string of the molecule is CC(C)NC(=O)N(C)CC(C)(C)O. The molecule has 0 fully saturated rings. The molecule has 0 spiro atoms. The van der Waals surface area contributed by atoms with Crippen LogP contribution in [0.1, 0.15) is 27.7 Å². The molecule has 2 amide bonds. The predicted octanol–water partition coefficient (Wildman–Crippen LogP) is 0.807. The second-order valence-electron chi connectivity index (χ2n) is 4.27. The van der Waals surface area contributed by atoms with Crippen LogP contribution in [0, 0.1) is 0 Å². The predicted molar refractivity (Wildman–Crippen MR) is 52.6 cm³/mol. The summed E-state index contributed by atoms with van der Waals surface area (Å²) in [5, 5.41) is 12.2. The Morgan fingerprint density at radius 1 is 1.54 bits per heavy atom. The van der Waals surface area contributed by atoms with Crippen LogP contribution in [0.15, 0.2) is 0 Å². The largest absolute Gasteiger partial charge is 0.389 e. The molecule has 0 aliphatic heterocycles. The lowest BCUT2D eigenvalue weighted by atomic mass is 10.1. The minimum absolute atomic E-state index is 0.122. The molecule has 4 heteroatoms. The van der Waals surface area contributed by atoms with Gasteiger partial charge in [0, 0.05) is 13.1 Å². The van der Waals surface area contributed by atoms with E-state index in [1.54, 1.807) is 20.9 Å². The van der Waals surface area contributed by atoms with Gasteiger partial charge in [-0.1, -0.05) is 0 Å². The number of amides is 2. The summed E-state index contributed by atoms with van der Waals surface area (Å²) in [5.74, 6) is 0. The average Bonchev–Trinajstić information content (AvgIpc) is 1.81. The molecule has 0 aliphatic rings. The van der Waals surface area contributed by atoms with Crippen molar-refractivity contribution in [1.29, 1.82) is 0 Å². The topological polar surface area (TPSA) is 52.6 Å². The first kappa shape index (κ1) is 12.2. The van der Waals surface area contributed by atoms with Crippen molar-refractivity contribution in [2.45, 2.75) is 39.3 Å². The van der Waals surface area contributed by atoms with Gasteiger partial charge in [0.2, 0.25) is 0 Å². The molecule has 0 unspecified atom stereocenters. The van der Waals surface area contributed by atoms with E-state index < -0.39 is 5.60 Å². The number of hydrogen-bond acceptors (Lipinski definition) is 2. The third kappa shape index (κ3) is 6.40. The van der Waals surface area contributed by atoms with E-state index in [-0.39, 0.29) is 12.1 Å². The Hall–Kier alpha value is -0.770. The summed E-state index contributed by atoms with van der Waals surface area (Å²) in [6.45, 7) is 7.47. The van der Waals surface area contributed by atoms with Crippen LogP contribution in [-0.4, -0.2) is 41.3 Å². The van der Waals surface area contributed by atoms with Crippen LogP contribution in [0.5, 0.6) is 0 Å². The normalized spacial score (nSPS) is 11.6. The van der Waals surface area contributed by atoms with Crippen LogP contribution in [0.3, 0.4) is 0 Å². The lowest BCUT2D eigenvalue weighted by molar-refractivity contribution is 0.0529. The van der Waals surface area contributed by atoms with Crippen molar-refractivity contribution in [2.75, 3.05) is 13.6 Å². The molecule has 0 aliphatic carbocycles. The fourth-order valence-electron chi connectivity index (χ4n) is 1.01. The van der Waals surface area contributed by atoms with Gasteiger partial charge in [-0.2, -0.15) is 0 Å².